The largest absolute Gasteiger partial charge is 0.421 e. The monoisotopic (exact) mass is 533 g/mol. The van der Waals surface area contributed by atoms with Gasteiger partial charge in [0.15, 0.2) is 5.60 Å². The Hall–Kier alpha value is -1.70. The van der Waals surface area contributed by atoms with Crippen molar-refractivity contribution in [1.82, 2.24) is 9.21 Å². The average Bonchev–Trinajstić information content (AvgIpc) is 3.34. The highest BCUT2D eigenvalue weighted by Gasteiger charge is 2.51. The second-order valence-corrected chi connectivity index (χ2v) is 12.3. The molecule has 1 N–H and O–H groups in total. The number of morpholine rings is 1. The summed E-state index contributed by atoms with van der Waals surface area (Å²) in [7, 11) is -3.63. The minimum atomic E-state index is -4.80. The molecule has 3 atom stereocenters. The number of benzene rings is 1. The van der Waals surface area contributed by atoms with Crippen LogP contribution < -0.4 is 4.90 Å². The topological polar surface area (TPSA) is 73.3 Å². The van der Waals surface area contributed by atoms with Crippen LogP contribution >= 0.6 is 11.3 Å². The number of anilines is 1. The minimum absolute atomic E-state index is 0.0654. The fraction of sp³-hybridized carbons (Fsp3) is 0.565. The summed E-state index contributed by atoms with van der Waals surface area (Å²) in [6.07, 6.45) is -4.73. The fourth-order valence-corrected chi connectivity index (χ4v) is 7.19. The molecule has 2 fully saturated rings. The Kier molecular flexibility index (Phi) is 7.52. The predicted octanol–water partition coefficient (Wildman–Crippen LogP) is 3.12. The van der Waals surface area contributed by atoms with Gasteiger partial charge in [-0.3, -0.25) is 4.90 Å². The van der Waals surface area contributed by atoms with Crippen molar-refractivity contribution in [3.05, 3.63) is 47.3 Å². The Labute approximate surface area is 207 Å². The van der Waals surface area contributed by atoms with Gasteiger partial charge in [-0.15, -0.1) is 11.3 Å². The number of nitrogens with zero attached hydrogens (tertiary/aromatic N) is 3. The van der Waals surface area contributed by atoms with Gasteiger partial charge < -0.3 is 14.7 Å². The molecular weight excluding hydrogens is 503 g/mol. The Morgan fingerprint density at radius 1 is 1.11 bits per heavy atom. The second kappa shape index (κ2) is 9.98. The van der Waals surface area contributed by atoms with Gasteiger partial charge in [-0.05, 0) is 43.0 Å². The van der Waals surface area contributed by atoms with Crippen LogP contribution in [0.25, 0.3) is 0 Å². The van der Waals surface area contributed by atoms with E-state index in [0.717, 1.165) is 20.0 Å². The van der Waals surface area contributed by atoms with Crippen LogP contribution in [-0.4, -0.2) is 86.9 Å². The van der Waals surface area contributed by atoms with Crippen molar-refractivity contribution in [2.45, 2.75) is 42.0 Å². The Morgan fingerprint density at radius 3 is 2.43 bits per heavy atom. The van der Waals surface area contributed by atoms with Crippen LogP contribution in [0.5, 0.6) is 0 Å². The van der Waals surface area contributed by atoms with E-state index in [1.807, 2.05) is 11.8 Å². The maximum absolute atomic E-state index is 13.3. The number of sulfonamides is 1. The van der Waals surface area contributed by atoms with Gasteiger partial charge in [-0.25, -0.2) is 8.42 Å². The van der Waals surface area contributed by atoms with Crippen LogP contribution in [0, 0.1) is 0 Å². The lowest BCUT2D eigenvalue weighted by atomic mass is 9.95. The van der Waals surface area contributed by atoms with Crippen LogP contribution in [0.1, 0.15) is 19.4 Å². The summed E-state index contributed by atoms with van der Waals surface area (Å²) in [5.41, 5.74) is -2.51. The molecule has 2 aliphatic rings. The van der Waals surface area contributed by atoms with E-state index in [2.05, 4.69) is 4.90 Å². The van der Waals surface area contributed by atoms with E-state index in [1.54, 1.807) is 29.6 Å². The van der Waals surface area contributed by atoms with E-state index in [-0.39, 0.29) is 30.8 Å². The quantitative estimate of drug-likeness (QED) is 0.615. The molecule has 2 aromatic rings. The number of hydrogen-bond donors (Lipinski definition) is 1. The molecule has 35 heavy (non-hydrogen) atoms. The van der Waals surface area contributed by atoms with Crippen LogP contribution in [0.4, 0.5) is 18.9 Å². The molecule has 0 radical (unpaired) electrons. The van der Waals surface area contributed by atoms with Crippen LogP contribution in [0.2, 0.25) is 0 Å². The number of halogens is 3. The zero-order chi connectivity index (χ0) is 25.4. The van der Waals surface area contributed by atoms with Crippen molar-refractivity contribution in [3.8, 4) is 0 Å². The second-order valence-electron chi connectivity index (χ2n) is 9.20. The van der Waals surface area contributed by atoms with Gasteiger partial charge in [0.2, 0.25) is 0 Å². The summed E-state index contributed by atoms with van der Waals surface area (Å²) in [6, 6.07) is 8.78. The van der Waals surface area contributed by atoms with E-state index in [4.69, 9.17) is 4.74 Å². The van der Waals surface area contributed by atoms with Crippen molar-refractivity contribution in [2.24, 2.45) is 0 Å². The normalized spacial score (nSPS) is 24.9. The molecule has 0 saturated carbocycles. The molecule has 12 heteroatoms. The summed E-state index contributed by atoms with van der Waals surface area (Å²) in [5, 5.41) is 11.7. The SMILES string of the molecule is C[C@@H]1CN(C[C@@H]2CN(S(=O)(=O)c3cccs3)CCN2c2ccc(C(C)(O)C(F)(F)F)cc2)CCO1. The zero-order valence-electron chi connectivity index (χ0n) is 19.6. The van der Waals surface area contributed by atoms with Gasteiger partial charge in [0.05, 0.1) is 18.8 Å². The maximum Gasteiger partial charge on any atom is 0.421 e. The molecule has 1 unspecified atom stereocenters. The number of piperazine rings is 1. The van der Waals surface area contributed by atoms with Crippen LogP contribution in [0.15, 0.2) is 46.0 Å². The lowest BCUT2D eigenvalue weighted by Gasteiger charge is -2.45. The summed E-state index contributed by atoms with van der Waals surface area (Å²) < 4.78 is 73.6. The Balaban J connectivity index is 1.59. The smallest absolute Gasteiger partial charge is 0.376 e. The van der Waals surface area contributed by atoms with Crippen molar-refractivity contribution in [2.75, 3.05) is 50.8 Å². The van der Waals surface area contributed by atoms with Crippen molar-refractivity contribution in [1.29, 1.82) is 0 Å². The van der Waals surface area contributed by atoms with Gasteiger partial charge in [-0.1, -0.05) is 18.2 Å². The Morgan fingerprint density at radius 2 is 1.83 bits per heavy atom. The maximum atomic E-state index is 13.3. The van der Waals surface area contributed by atoms with Gasteiger partial charge in [0.1, 0.15) is 4.21 Å². The molecule has 0 spiro atoms. The third-order valence-electron chi connectivity index (χ3n) is 6.64. The summed E-state index contributed by atoms with van der Waals surface area (Å²) >= 11 is 1.18. The van der Waals surface area contributed by atoms with E-state index < -0.39 is 21.8 Å². The van der Waals surface area contributed by atoms with Gasteiger partial charge in [0, 0.05) is 45.0 Å². The highest BCUT2D eigenvalue weighted by Crippen LogP contribution is 2.39. The molecule has 2 aliphatic heterocycles. The minimum Gasteiger partial charge on any atom is -0.376 e. The zero-order valence-corrected chi connectivity index (χ0v) is 21.2. The number of alkyl halides is 3. The highest BCUT2D eigenvalue weighted by atomic mass is 32.2. The summed E-state index contributed by atoms with van der Waals surface area (Å²) in [5.74, 6) is 0. The lowest BCUT2D eigenvalue weighted by molar-refractivity contribution is -0.258. The first-order valence-electron chi connectivity index (χ1n) is 11.4. The van der Waals surface area contributed by atoms with E-state index >= 15 is 0 Å². The van der Waals surface area contributed by atoms with E-state index in [1.165, 1.54) is 27.8 Å². The number of thiophene rings is 1. The molecule has 2 saturated heterocycles. The van der Waals surface area contributed by atoms with Gasteiger partial charge in [-0.2, -0.15) is 17.5 Å². The van der Waals surface area contributed by atoms with Gasteiger partial charge in [0.25, 0.3) is 10.0 Å². The molecule has 1 aromatic heterocycles. The predicted molar refractivity (Wildman–Crippen MR) is 128 cm³/mol. The molecule has 194 valence electrons. The molecule has 7 nitrogen and oxygen atoms in total. The molecule has 0 amide bonds. The van der Waals surface area contributed by atoms with E-state index in [0.29, 0.717) is 29.6 Å². The van der Waals surface area contributed by atoms with Crippen LogP contribution in [-0.2, 0) is 20.4 Å². The number of aliphatic hydroxyl groups is 1. The number of ether oxygens (including phenoxy) is 1. The Bertz CT molecular complexity index is 1090. The van der Waals surface area contributed by atoms with E-state index in [9.17, 15) is 26.7 Å². The molecule has 1 aromatic carbocycles. The van der Waals surface area contributed by atoms with Crippen molar-refractivity contribution < 1.29 is 31.4 Å². The van der Waals surface area contributed by atoms with Crippen molar-refractivity contribution in [3.63, 3.8) is 0 Å². The lowest BCUT2D eigenvalue weighted by Crippen LogP contribution is -2.59. The standard InChI is InChI=1S/C23H30F3N3O4S2/c1-17-14-27(11-12-33-17)15-20-16-28(35(31,32)21-4-3-13-34-21)9-10-29(20)19-7-5-18(6-8-19)22(2,30)23(24,25)26/h3-8,13,17,20,30H,9-12,14-16H2,1-2H3/t17-,20-,22?/m1/s1. The average molecular weight is 534 g/mol. The number of rotatable bonds is 6. The molecule has 3 heterocycles. The molecular formula is C23H30F3N3O4S2. The molecule has 4 rings (SSSR count). The fourth-order valence-electron chi connectivity index (χ4n) is 4.57. The van der Waals surface area contributed by atoms with Crippen molar-refractivity contribution >= 4 is 27.0 Å². The third kappa shape index (κ3) is 5.52. The van der Waals surface area contributed by atoms with Crippen LogP contribution in [0.3, 0.4) is 0 Å². The first-order chi connectivity index (χ1) is 16.4. The first-order valence-corrected chi connectivity index (χ1v) is 13.8. The molecule has 0 aliphatic carbocycles. The highest BCUT2D eigenvalue weighted by molar-refractivity contribution is 7.91. The number of hydrogen-bond acceptors (Lipinski definition) is 7. The third-order valence-corrected chi connectivity index (χ3v) is 9.88. The summed E-state index contributed by atoms with van der Waals surface area (Å²) in [4.78, 5) is 4.28. The van der Waals surface area contributed by atoms with Gasteiger partial charge >= 0.3 is 6.18 Å². The summed E-state index contributed by atoms with van der Waals surface area (Å²) in [6.45, 7) is 6.26. The first kappa shape index (κ1) is 26.4. The molecule has 0 bridgehead atoms.